The highest BCUT2D eigenvalue weighted by atomic mass is 35.5. The minimum Gasteiger partial charge on any atom is -0.302 e. The number of nitrogens with zero attached hydrogens (tertiary/aromatic N) is 4. The first kappa shape index (κ1) is 17.1. The smallest absolute Gasteiger partial charge is 0.191 e. The van der Waals surface area contributed by atoms with Crippen LogP contribution in [-0.2, 0) is 6.54 Å². The lowest BCUT2D eigenvalue weighted by Gasteiger charge is -2.13. The Labute approximate surface area is 144 Å². The Hall–Kier alpha value is -1.22. The van der Waals surface area contributed by atoms with E-state index in [-0.39, 0.29) is 0 Å². The molecule has 0 aliphatic carbocycles. The lowest BCUT2D eigenvalue weighted by atomic mass is 10.2. The van der Waals surface area contributed by atoms with Crippen LogP contribution in [0.4, 0.5) is 0 Å². The highest BCUT2D eigenvalue weighted by molar-refractivity contribution is 7.99. The molecule has 0 saturated heterocycles. The van der Waals surface area contributed by atoms with Crippen molar-refractivity contribution in [1.29, 1.82) is 5.26 Å². The summed E-state index contributed by atoms with van der Waals surface area (Å²) in [5, 5.41) is 19.2. The van der Waals surface area contributed by atoms with Gasteiger partial charge >= 0.3 is 0 Å². The lowest BCUT2D eigenvalue weighted by molar-refractivity contribution is 0.498. The Morgan fingerprint density at radius 3 is 2.73 bits per heavy atom. The molecule has 0 saturated carbocycles. The van der Waals surface area contributed by atoms with Crippen molar-refractivity contribution >= 4 is 35.0 Å². The summed E-state index contributed by atoms with van der Waals surface area (Å²) in [6.45, 7) is 5.06. The van der Waals surface area contributed by atoms with Crippen LogP contribution >= 0.6 is 35.0 Å². The number of thioether (sulfide) groups is 1. The van der Waals surface area contributed by atoms with E-state index in [0.717, 1.165) is 23.1 Å². The molecule has 1 heterocycles. The molecule has 4 nitrogen and oxygen atoms in total. The molecule has 7 heteroatoms. The fourth-order valence-electron chi connectivity index (χ4n) is 1.98. The van der Waals surface area contributed by atoms with Gasteiger partial charge in [0.1, 0.15) is 0 Å². The van der Waals surface area contributed by atoms with E-state index in [2.05, 4.69) is 34.7 Å². The molecule has 2 aromatic rings. The normalized spacial score (nSPS) is 10.9. The molecule has 0 radical (unpaired) electrons. The van der Waals surface area contributed by atoms with E-state index < -0.39 is 0 Å². The molecule has 0 spiro atoms. The first-order chi connectivity index (χ1) is 10.5. The van der Waals surface area contributed by atoms with Crippen molar-refractivity contribution in [2.24, 2.45) is 5.92 Å². The van der Waals surface area contributed by atoms with Gasteiger partial charge in [0.15, 0.2) is 11.0 Å². The van der Waals surface area contributed by atoms with Crippen LogP contribution in [0.25, 0.3) is 11.4 Å². The van der Waals surface area contributed by atoms with Crippen molar-refractivity contribution in [3.63, 3.8) is 0 Å². The molecule has 0 bridgehead atoms. The molecule has 0 aliphatic heterocycles. The van der Waals surface area contributed by atoms with Crippen LogP contribution in [0.3, 0.4) is 0 Å². The molecule has 0 unspecified atom stereocenters. The maximum absolute atomic E-state index is 8.67. The summed E-state index contributed by atoms with van der Waals surface area (Å²) in [5.74, 6) is 1.87. The summed E-state index contributed by atoms with van der Waals surface area (Å²) in [5.41, 5.74) is 0.811. The summed E-state index contributed by atoms with van der Waals surface area (Å²) in [4.78, 5) is 0. The van der Waals surface area contributed by atoms with E-state index in [1.54, 1.807) is 12.1 Å². The summed E-state index contributed by atoms with van der Waals surface area (Å²) in [6.07, 6.45) is 0.482. The van der Waals surface area contributed by atoms with Gasteiger partial charge in [-0.15, -0.1) is 10.2 Å². The van der Waals surface area contributed by atoms with Crippen LogP contribution in [0, 0.1) is 17.2 Å². The van der Waals surface area contributed by atoms with Crippen molar-refractivity contribution in [1.82, 2.24) is 14.8 Å². The van der Waals surface area contributed by atoms with Crippen LogP contribution < -0.4 is 0 Å². The molecule has 116 valence electrons. The molecule has 0 amide bonds. The Balaban J connectivity index is 2.40. The molecule has 1 aromatic heterocycles. The summed E-state index contributed by atoms with van der Waals surface area (Å²) < 4.78 is 2.06. The topological polar surface area (TPSA) is 54.5 Å². The highest BCUT2D eigenvalue weighted by Crippen LogP contribution is 2.32. The van der Waals surface area contributed by atoms with Gasteiger partial charge in [0.25, 0.3) is 0 Å². The fraction of sp³-hybridized carbons (Fsp3) is 0.400. The zero-order chi connectivity index (χ0) is 16.1. The van der Waals surface area contributed by atoms with Crippen LogP contribution in [0.2, 0.25) is 10.0 Å². The molecule has 22 heavy (non-hydrogen) atoms. The second-order valence-electron chi connectivity index (χ2n) is 5.19. The van der Waals surface area contributed by atoms with Gasteiger partial charge in [-0.2, -0.15) is 5.26 Å². The monoisotopic (exact) mass is 354 g/mol. The van der Waals surface area contributed by atoms with Gasteiger partial charge in [0, 0.05) is 29.3 Å². The third-order valence-corrected chi connectivity index (χ3v) is 4.40. The zero-order valence-corrected chi connectivity index (χ0v) is 14.7. The summed E-state index contributed by atoms with van der Waals surface area (Å²) >= 11 is 13.8. The number of hydrogen-bond donors (Lipinski definition) is 0. The van der Waals surface area contributed by atoms with Crippen molar-refractivity contribution in [2.75, 3.05) is 5.75 Å². The van der Waals surface area contributed by atoms with E-state index in [9.17, 15) is 0 Å². The molecule has 0 fully saturated rings. The van der Waals surface area contributed by atoms with Crippen LogP contribution in [0.1, 0.15) is 20.3 Å². The minimum absolute atomic E-state index is 0.441. The number of rotatable bonds is 6. The van der Waals surface area contributed by atoms with Crippen molar-refractivity contribution in [3.8, 4) is 17.5 Å². The Morgan fingerprint density at radius 2 is 2.09 bits per heavy atom. The van der Waals surface area contributed by atoms with E-state index >= 15 is 0 Å². The van der Waals surface area contributed by atoms with Gasteiger partial charge in [-0.3, -0.25) is 0 Å². The third-order valence-electron chi connectivity index (χ3n) is 2.88. The van der Waals surface area contributed by atoms with Gasteiger partial charge in [-0.25, -0.2) is 0 Å². The van der Waals surface area contributed by atoms with Crippen LogP contribution in [0.5, 0.6) is 0 Å². The molecular formula is C15H16Cl2N4S. The molecular weight excluding hydrogens is 339 g/mol. The molecule has 0 aliphatic rings. The summed E-state index contributed by atoms with van der Waals surface area (Å²) in [7, 11) is 0. The van der Waals surface area contributed by atoms with Gasteiger partial charge in [-0.05, 0) is 24.1 Å². The Kier molecular flexibility index (Phi) is 6.13. The second-order valence-corrected chi connectivity index (χ2v) is 7.10. The largest absolute Gasteiger partial charge is 0.302 e. The lowest BCUT2D eigenvalue weighted by Crippen LogP contribution is -2.08. The van der Waals surface area contributed by atoms with Gasteiger partial charge < -0.3 is 4.57 Å². The average Bonchev–Trinajstić information content (AvgIpc) is 2.82. The number of nitriles is 1. The van der Waals surface area contributed by atoms with Crippen LogP contribution in [0.15, 0.2) is 23.4 Å². The highest BCUT2D eigenvalue weighted by Gasteiger charge is 2.17. The first-order valence-corrected chi connectivity index (χ1v) is 8.65. The zero-order valence-electron chi connectivity index (χ0n) is 12.4. The summed E-state index contributed by atoms with van der Waals surface area (Å²) in [6, 6.07) is 7.49. The van der Waals surface area contributed by atoms with Crippen molar-refractivity contribution in [3.05, 3.63) is 28.2 Å². The molecule has 0 atom stereocenters. The van der Waals surface area contributed by atoms with Gasteiger partial charge in [0.2, 0.25) is 0 Å². The number of aromatic nitrogens is 3. The minimum atomic E-state index is 0.441. The SMILES string of the molecule is CC(C)Cn1c(SCCC#N)nnc1-c1ccc(Cl)cc1Cl. The number of hydrogen-bond acceptors (Lipinski definition) is 4. The standard InChI is InChI=1S/C15H16Cl2N4S/c1-10(2)9-21-14(12-5-4-11(16)8-13(12)17)19-20-15(21)22-7-3-6-18/h4-5,8,10H,3,7,9H2,1-2H3. The van der Waals surface area contributed by atoms with E-state index in [1.165, 1.54) is 11.8 Å². The van der Waals surface area contributed by atoms with Gasteiger partial charge in [0.05, 0.1) is 11.1 Å². The van der Waals surface area contributed by atoms with E-state index in [1.807, 2.05) is 6.07 Å². The predicted octanol–water partition coefficient (Wildman–Crippen LogP) is 4.91. The molecule has 2 rings (SSSR count). The van der Waals surface area contributed by atoms with Crippen LogP contribution in [-0.4, -0.2) is 20.5 Å². The number of halogens is 2. The third kappa shape index (κ3) is 4.16. The number of benzene rings is 1. The second kappa shape index (κ2) is 7.87. The van der Waals surface area contributed by atoms with Gasteiger partial charge in [-0.1, -0.05) is 48.8 Å². The molecule has 0 N–H and O–H groups in total. The Bertz CT molecular complexity index is 691. The first-order valence-electron chi connectivity index (χ1n) is 6.91. The predicted molar refractivity (Wildman–Crippen MR) is 91.3 cm³/mol. The Morgan fingerprint density at radius 1 is 1.32 bits per heavy atom. The maximum atomic E-state index is 8.67. The maximum Gasteiger partial charge on any atom is 0.191 e. The molecule has 1 aromatic carbocycles. The van der Waals surface area contributed by atoms with Crippen molar-refractivity contribution < 1.29 is 0 Å². The average molecular weight is 355 g/mol. The fourth-order valence-corrected chi connectivity index (χ4v) is 3.27. The van der Waals surface area contributed by atoms with E-state index in [0.29, 0.717) is 28.1 Å². The van der Waals surface area contributed by atoms with E-state index in [4.69, 9.17) is 28.5 Å². The quantitative estimate of drug-likeness (QED) is 0.545. The van der Waals surface area contributed by atoms with Crippen molar-refractivity contribution in [2.45, 2.75) is 32.0 Å².